The van der Waals surface area contributed by atoms with E-state index in [4.69, 9.17) is 36.8 Å². The number of likely N-dealkylation sites (N-methyl/N-ethyl adjacent to an activating group) is 1. The highest BCUT2D eigenvalue weighted by atomic mass is 32.2. The maximum absolute atomic E-state index is 15.4. The molecule has 4 aliphatic heterocycles. The first kappa shape index (κ1) is 53.3. The van der Waals surface area contributed by atoms with Crippen molar-refractivity contribution in [2.24, 2.45) is 11.3 Å². The van der Waals surface area contributed by atoms with Crippen molar-refractivity contribution in [1.29, 1.82) is 0 Å². The van der Waals surface area contributed by atoms with E-state index in [0.717, 1.165) is 50.7 Å². The third kappa shape index (κ3) is 10.3. The van der Waals surface area contributed by atoms with E-state index in [-0.39, 0.29) is 68.6 Å². The van der Waals surface area contributed by atoms with Crippen LogP contribution in [-0.2, 0) is 52.8 Å². The predicted octanol–water partition coefficient (Wildman–Crippen LogP) is 6.71. The number of methoxy groups -OCH3 is 1. The number of rotatable bonds is 10. The summed E-state index contributed by atoms with van der Waals surface area (Å²) >= 11 is 7.45. The predicted molar refractivity (Wildman–Crippen MR) is 283 cm³/mol. The number of nitrogens with one attached hydrogen (secondary N) is 2. The summed E-state index contributed by atoms with van der Waals surface area (Å²) in [7, 11) is 3.27. The largest absolute Gasteiger partial charge is 0.463 e. The van der Waals surface area contributed by atoms with Gasteiger partial charge in [-0.25, -0.2) is 20.0 Å². The quantitative estimate of drug-likeness (QED) is 0.0662. The lowest BCUT2D eigenvalue weighted by Gasteiger charge is -2.48. The SMILES string of the molecule is C=CC(=O)N1CCO[C@H]2CCN(C(=O)N(C)C(C(=O)N[C@@]3(SC)Cc4nc(cs4)-c4ccc5c(c4)c(c(-c4cccnc4[C@H](C)OC)n5CC)CC(C)(C)COC(=O)[C@@]4(S)CCCN(N4)C3=O)C(C)C)C[C@H]21. The molecule has 0 spiro atoms. The molecule has 72 heavy (non-hydrogen) atoms. The molecule has 3 saturated heterocycles. The van der Waals surface area contributed by atoms with Crippen molar-refractivity contribution in [2.75, 3.05) is 59.8 Å². The van der Waals surface area contributed by atoms with Gasteiger partial charge in [-0.3, -0.25) is 24.4 Å². The number of hydrazine groups is 1. The van der Waals surface area contributed by atoms with Crippen LogP contribution in [0.15, 0.2) is 54.6 Å². The summed E-state index contributed by atoms with van der Waals surface area (Å²) in [6.07, 6.45) is 6.04. The lowest BCUT2D eigenvalue weighted by Crippen LogP contribution is -2.69. The number of urea groups is 1. The van der Waals surface area contributed by atoms with E-state index >= 15 is 9.59 Å². The number of hydrogen-bond acceptors (Lipinski definition) is 14. The number of esters is 1. The van der Waals surface area contributed by atoms with Gasteiger partial charge < -0.3 is 38.8 Å². The first-order valence-corrected chi connectivity index (χ1v) is 27.3. The van der Waals surface area contributed by atoms with Crippen LogP contribution in [0.4, 0.5) is 4.79 Å². The van der Waals surface area contributed by atoms with Crippen molar-refractivity contribution < 1.29 is 38.2 Å². The second-order valence-corrected chi connectivity index (χ2v) is 23.2. The maximum atomic E-state index is 15.4. The number of carbonyl (C=O) groups is 5. The molecule has 17 nitrogen and oxygen atoms in total. The summed E-state index contributed by atoms with van der Waals surface area (Å²) in [6.45, 7) is 18.0. The van der Waals surface area contributed by atoms with Gasteiger partial charge in [0.15, 0.2) is 9.74 Å². The lowest BCUT2D eigenvalue weighted by molar-refractivity contribution is -0.158. The Morgan fingerprint density at radius 1 is 1.15 bits per heavy atom. The van der Waals surface area contributed by atoms with Crippen molar-refractivity contribution in [3.63, 3.8) is 0 Å². The number of likely N-dealkylation sites (tertiary alicyclic amines) is 1. The molecule has 0 aliphatic carbocycles. The minimum atomic E-state index is -1.67. The highest BCUT2D eigenvalue weighted by Crippen LogP contribution is 2.43. The Morgan fingerprint density at radius 2 is 1.93 bits per heavy atom. The van der Waals surface area contributed by atoms with Gasteiger partial charge in [-0.15, -0.1) is 35.7 Å². The summed E-state index contributed by atoms with van der Waals surface area (Å²) in [6, 6.07) is 8.61. The van der Waals surface area contributed by atoms with E-state index in [0.29, 0.717) is 56.2 Å². The molecular formula is C52H69N9O8S3. The highest BCUT2D eigenvalue weighted by molar-refractivity contribution is 8.00. The number of fused-ring (bicyclic) bond motifs is 7. The Morgan fingerprint density at radius 3 is 2.64 bits per heavy atom. The van der Waals surface area contributed by atoms with Crippen molar-refractivity contribution in [3.8, 4) is 22.5 Å². The maximum Gasteiger partial charge on any atom is 0.338 e. The van der Waals surface area contributed by atoms with E-state index in [2.05, 4.69) is 66.9 Å². The van der Waals surface area contributed by atoms with Crippen LogP contribution in [0.5, 0.6) is 0 Å². The number of cyclic esters (lactones) is 1. The highest BCUT2D eigenvalue weighted by Gasteiger charge is 2.51. The van der Waals surface area contributed by atoms with Gasteiger partial charge >= 0.3 is 12.0 Å². The number of amides is 5. The molecule has 388 valence electrons. The van der Waals surface area contributed by atoms with E-state index < -0.39 is 39.0 Å². The van der Waals surface area contributed by atoms with Crippen LogP contribution >= 0.6 is 35.7 Å². The first-order valence-electron chi connectivity index (χ1n) is 24.8. The molecular weight excluding hydrogens is 975 g/mol. The fourth-order valence-corrected chi connectivity index (χ4v) is 12.9. The molecule has 6 atom stereocenters. The molecule has 4 aromatic rings. The fraction of sp³-hybridized carbons (Fsp3) is 0.558. The number of benzene rings is 1. The zero-order chi connectivity index (χ0) is 51.9. The second-order valence-electron chi connectivity index (χ2n) is 20.4. The number of ether oxygens (including phenoxy) is 3. The molecule has 20 heteroatoms. The van der Waals surface area contributed by atoms with Gasteiger partial charge in [-0.1, -0.05) is 40.3 Å². The van der Waals surface area contributed by atoms with Crippen molar-refractivity contribution in [1.82, 2.24) is 45.0 Å². The summed E-state index contributed by atoms with van der Waals surface area (Å²) in [4.78, 5) is 83.6. The normalized spacial score (nSPS) is 24.5. The zero-order valence-electron chi connectivity index (χ0n) is 42.9. The zero-order valence-corrected chi connectivity index (χ0v) is 45.4. The Bertz CT molecular complexity index is 2730. The first-order chi connectivity index (χ1) is 34.3. The molecule has 5 amide bonds. The van der Waals surface area contributed by atoms with Crippen LogP contribution < -0.4 is 10.7 Å². The molecule has 6 bridgehead atoms. The van der Waals surface area contributed by atoms with Gasteiger partial charge in [0.1, 0.15) is 6.04 Å². The number of nitrogens with zero attached hydrogens (tertiary/aromatic N) is 7. The third-order valence-electron chi connectivity index (χ3n) is 14.6. The average molecular weight is 1040 g/mol. The minimum Gasteiger partial charge on any atom is -0.463 e. The number of aromatic nitrogens is 3. The third-order valence-corrected chi connectivity index (χ3v) is 17.1. The van der Waals surface area contributed by atoms with Crippen molar-refractivity contribution in [3.05, 3.63) is 70.8 Å². The molecule has 1 unspecified atom stereocenters. The molecule has 7 heterocycles. The monoisotopic (exact) mass is 1040 g/mol. The molecule has 2 N–H and O–H groups in total. The standard InChI is InChI=1S/C52H69N9O8S3/c1-11-42(62)60-23-24-68-40-18-22-58(28-39(40)60)49(66)57(8)44(31(3)4)46(63)55-52(71-10)27-41-54-37(29-72-41)33-16-17-38-35(25-33)36(45(59(38)12-2)34-15-13-20-53-43(34)32(5)67-9)26-50(6,7)30-69-48(65)51(70)19-14-21-61(56-51)47(52)64/h11,13,15-17,20,25,29,31-32,39-40,44,56,70H,1,12,14,18-19,21-24,26-28,30H2,2-10H3,(H,55,63)/t32-,39+,40-,44?,51-,52+/m0/s1. The van der Waals surface area contributed by atoms with Gasteiger partial charge in [0, 0.05) is 92.3 Å². The number of thioether (sulfide) groups is 1. The second kappa shape index (κ2) is 21.5. The van der Waals surface area contributed by atoms with Crippen molar-refractivity contribution in [2.45, 2.75) is 114 Å². The number of carbonyl (C=O) groups excluding carboxylic acids is 5. The van der Waals surface area contributed by atoms with Crippen LogP contribution in [0.2, 0.25) is 0 Å². The van der Waals surface area contributed by atoms with E-state index in [1.807, 2.05) is 32.2 Å². The van der Waals surface area contributed by atoms with E-state index in [1.54, 1.807) is 36.4 Å². The van der Waals surface area contributed by atoms with Crippen LogP contribution in [0.25, 0.3) is 33.4 Å². The number of hydrogen-bond donors (Lipinski definition) is 3. The number of thiol groups is 1. The summed E-state index contributed by atoms with van der Waals surface area (Å²) in [5, 5.41) is 8.11. The van der Waals surface area contributed by atoms with E-state index in [9.17, 15) is 14.4 Å². The Labute approximate surface area is 436 Å². The van der Waals surface area contributed by atoms with Crippen molar-refractivity contribution >= 4 is 76.4 Å². The molecule has 8 rings (SSSR count). The van der Waals surface area contributed by atoms with Gasteiger partial charge in [0.2, 0.25) is 11.8 Å². The fourth-order valence-electron chi connectivity index (χ4n) is 10.8. The number of piperidine rings is 1. The summed E-state index contributed by atoms with van der Waals surface area (Å²) in [5.74, 6) is -2.28. The molecule has 4 aliphatic rings. The molecule has 3 fully saturated rings. The Kier molecular flexibility index (Phi) is 15.9. The number of pyridine rings is 1. The average Bonchev–Trinajstić information content (AvgIpc) is 3.97. The van der Waals surface area contributed by atoms with Crippen LogP contribution in [0.1, 0.15) is 83.2 Å². The van der Waals surface area contributed by atoms with Gasteiger partial charge in [-0.2, -0.15) is 0 Å². The van der Waals surface area contributed by atoms with E-state index in [1.165, 1.54) is 27.3 Å². The van der Waals surface area contributed by atoms with Crippen LogP contribution in [0, 0.1) is 11.3 Å². The number of thiazole rings is 1. The Balaban J connectivity index is 1.18. The number of morpholine rings is 1. The molecule has 0 radical (unpaired) electrons. The van der Waals surface area contributed by atoms with Gasteiger partial charge in [0.25, 0.3) is 5.91 Å². The smallest absolute Gasteiger partial charge is 0.338 e. The lowest BCUT2D eigenvalue weighted by atomic mass is 9.84. The topological polar surface area (TPSA) is 181 Å². The Hall–Kier alpha value is -4.99. The van der Waals surface area contributed by atoms with Gasteiger partial charge in [0.05, 0.1) is 53.6 Å². The van der Waals surface area contributed by atoms with Crippen LogP contribution in [-0.4, -0.2) is 152 Å². The molecule has 0 saturated carbocycles. The van der Waals surface area contributed by atoms with Gasteiger partial charge in [-0.05, 0) is 87.6 Å². The molecule has 1 aromatic carbocycles. The summed E-state index contributed by atoms with van der Waals surface area (Å²) in [5.41, 5.74) is 9.02. The summed E-state index contributed by atoms with van der Waals surface area (Å²) < 4.78 is 20.4. The molecule has 3 aromatic heterocycles. The number of aryl methyl sites for hydroxylation is 1. The van der Waals surface area contributed by atoms with Crippen LogP contribution in [0.3, 0.4) is 0 Å². The minimum absolute atomic E-state index is 0.0179.